The molecule has 2 aliphatic carbocycles. The van der Waals surface area contributed by atoms with Crippen LogP contribution in [0.25, 0.3) is 10.8 Å². The number of phenolic OH excluding ortho intramolecular Hbond substituents is 1. The first-order chi connectivity index (χ1) is 16.5. The van der Waals surface area contributed by atoms with Crippen LogP contribution in [0, 0.1) is 17.8 Å². The highest BCUT2D eigenvalue weighted by Gasteiger charge is 2.58. The first-order valence-corrected chi connectivity index (χ1v) is 12.6. The van der Waals surface area contributed by atoms with E-state index in [9.17, 15) is 19.7 Å². The van der Waals surface area contributed by atoms with Crippen molar-refractivity contribution in [2.24, 2.45) is 17.8 Å². The highest BCUT2D eigenvalue weighted by molar-refractivity contribution is 6.53. The van der Waals surface area contributed by atoms with Crippen molar-refractivity contribution >= 4 is 29.7 Å². The first-order valence-electron chi connectivity index (χ1n) is 12.6. The molecule has 2 saturated heterocycles. The summed E-state index contributed by atoms with van der Waals surface area (Å²) in [6.45, 7) is 1.96. The Morgan fingerprint density at radius 2 is 1.71 bits per heavy atom. The van der Waals surface area contributed by atoms with E-state index in [0.29, 0.717) is 12.8 Å². The van der Waals surface area contributed by atoms with Gasteiger partial charge in [0.2, 0.25) is 11.8 Å². The number of benzene rings is 2. The Morgan fingerprint density at radius 3 is 2.47 bits per heavy atom. The lowest BCUT2D eigenvalue weighted by Crippen LogP contribution is -2.45. The second-order valence-electron chi connectivity index (χ2n) is 10.4. The molecule has 34 heavy (non-hydrogen) atoms. The van der Waals surface area contributed by atoms with Gasteiger partial charge in [-0.3, -0.25) is 14.5 Å². The zero-order chi connectivity index (χ0) is 23.6. The molecule has 2 aromatic carbocycles. The molecule has 0 radical (unpaired) electrons. The second kappa shape index (κ2) is 8.24. The fourth-order valence-corrected chi connectivity index (χ4v) is 7.07. The van der Waals surface area contributed by atoms with Crippen LogP contribution < -0.4 is 0 Å². The summed E-state index contributed by atoms with van der Waals surface area (Å²) in [7, 11) is -1.11. The fraction of sp³-hybridized carbons (Fsp3) is 0.481. The maximum atomic E-state index is 13.7. The Morgan fingerprint density at radius 1 is 0.971 bits per heavy atom. The average molecular weight is 459 g/mol. The topological polar surface area (TPSA) is 87.1 Å². The molecule has 2 amide bonds. The summed E-state index contributed by atoms with van der Waals surface area (Å²) in [5, 5.41) is 23.0. The fourth-order valence-electron chi connectivity index (χ4n) is 7.07. The van der Waals surface area contributed by atoms with Crippen LogP contribution in [-0.4, -0.2) is 40.0 Å². The molecule has 6 rings (SSSR count). The predicted molar refractivity (Wildman–Crippen MR) is 129 cm³/mol. The molecule has 7 heteroatoms. The van der Waals surface area contributed by atoms with Crippen molar-refractivity contribution in [1.29, 1.82) is 0 Å². The Hall–Kier alpha value is -2.64. The maximum absolute atomic E-state index is 13.7. The summed E-state index contributed by atoms with van der Waals surface area (Å²) in [6.07, 6.45) is 5.68. The van der Waals surface area contributed by atoms with E-state index < -0.39 is 19.1 Å². The van der Waals surface area contributed by atoms with Gasteiger partial charge in [-0.2, -0.15) is 0 Å². The Balaban J connectivity index is 1.38. The zero-order valence-corrected chi connectivity index (χ0v) is 19.4. The van der Waals surface area contributed by atoms with Crippen LogP contribution in [0.1, 0.15) is 63.5 Å². The Bertz CT molecular complexity index is 1200. The van der Waals surface area contributed by atoms with E-state index in [-0.39, 0.29) is 35.4 Å². The lowest BCUT2D eigenvalue weighted by molar-refractivity contribution is -0.143. The Kier molecular flexibility index (Phi) is 5.30. The molecule has 0 unspecified atom stereocenters. The van der Waals surface area contributed by atoms with E-state index in [1.54, 1.807) is 11.0 Å². The number of carbonyl (C=O) groups is 2. The van der Waals surface area contributed by atoms with Gasteiger partial charge in [-0.1, -0.05) is 55.2 Å². The molecule has 2 aliphatic heterocycles. The van der Waals surface area contributed by atoms with E-state index in [4.69, 9.17) is 4.65 Å². The number of amides is 2. The standard InChI is InChI=1S/C27H30BNO5/c1-15-13-21-24(27(32)29(26(21)31)16-7-3-2-4-8-16)20-14-23(34-28(33)25(15)20)19-11-12-22(30)18-10-6-5-9-17(18)19/h5-6,9-12,16,20-21,23-24,30,33H,2-4,7-8,13-14H2,1H3/t20-,21-,23-,24+/m0/s1. The van der Waals surface area contributed by atoms with E-state index in [1.165, 1.54) is 6.42 Å². The lowest BCUT2D eigenvalue weighted by Gasteiger charge is -2.42. The molecule has 2 N–H and O–H groups in total. The molecule has 2 aromatic rings. The quantitative estimate of drug-likeness (QED) is 0.517. The number of likely N-dealkylation sites (tertiary alicyclic amines) is 1. The van der Waals surface area contributed by atoms with Crippen molar-refractivity contribution in [3.8, 4) is 5.75 Å². The summed E-state index contributed by atoms with van der Waals surface area (Å²) in [5.74, 6) is -0.883. The SMILES string of the molecule is CC1=C2B(O)O[C@H](c3ccc(O)c4ccccc34)C[C@H]2[C@H]2C(=O)N(C3CCCCC3)C(=O)[C@H]2C1. The molecule has 176 valence electrons. The summed E-state index contributed by atoms with van der Waals surface area (Å²) in [6, 6.07) is 11.1. The molecule has 2 heterocycles. The summed E-state index contributed by atoms with van der Waals surface area (Å²) in [4.78, 5) is 28.8. The van der Waals surface area contributed by atoms with Gasteiger partial charge in [0.15, 0.2) is 0 Å². The van der Waals surface area contributed by atoms with E-state index in [0.717, 1.165) is 53.1 Å². The molecule has 1 saturated carbocycles. The largest absolute Gasteiger partial charge is 0.507 e. The van der Waals surface area contributed by atoms with Crippen molar-refractivity contribution in [2.75, 3.05) is 0 Å². The van der Waals surface area contributed by atoms with Crippen molar-refractivity contribution in [1.82, 2.24) is 4.90 Å². The molecular formula is C27H30BNO5. The predicted octanol–water partition coefficient (Wildman–Crippen LogP) is 4.30. The molecule has 0 spiro atoms. The minimum absolute atomic E-state index is 0.0182. The van der Waals surface area contributed by atoms with Gasteiger partial charge < -0.3 is 14.8 Å². The zero-order valence-electron chi connectivity index (χ0n) is 19.4. The summed E-state index contributed by atoms with van der Waals surface area (Å²) in [5.41, 5.74) is 2.64. The number of phenols is 1. The van der Waals surface area contributed by atoms with Gasteiger partial charge in [0.25, 0.3) is 0 Å². The number of hydrogen-bond acceptors (Lipinski definition) is 5. The van der Waals surface area contributed by atoms with E-state index in [2.05, 4.69) is 0 Å². The number of rotatable bonds is 2. The Labute approximate surface area is 199 Å². The van der Waals surface area contributed by atoms with Crippen LogP contribution >= 0.6 is 0 Å². The third-order valence-electron chi connectivity index (χ3n) is 8.61. The molecule has 0 bridgehead atoms. The smallest absolute Gasteiger partial charge is 0.487 e. The number of aromatic hydroxyl groups is 1. The monoisotopic (exact) mass is 459 g/mol. The van der Waals surface area contributed by atoms with Gasteiger partial charge in [0.05, 0.1) is 17.9 Å². The molecule has 4 atom stereocenters. The van der Waals surface area contributed by atoms with Crippen LogP contribution in [0.4, 0.5) is 0 Å². The van der Waals surface area contributed by atoms with Crippen molar-refractivity contribution in [3.63, 3.8) is 0 Å². The molecule has 3 fully saturated rings. The number of nitrogens with zero attached hydrogens (tertiary/aromatic N) is 1. The summed E-state index contributed by atoms with van der Waals surface area (Å²) < 4.78 is 6.12. The third kappa shape index (κ3) is 3.24. The minimum Gasteiger partial charge on any atom is -0.507 e. The van der Waals surface area contributed by atoms with Gasteiger partial charge >= 0.3 is 7.12 Å². The number of hydrogen-bond donors (Lipinski definition) is 2. The lowest BCUT2D eigenvalue weighted by atomic mass is 9.55. The maximum Gasteiger partial charge on any atom is 0.487 e. The van der Waals surface area contributed by atoms with Gasteiger partial charge in [-0.25, -0.2) is 0 Å². The third-order valence-corrected chi connectivity index (χ3v) is 8.61. The van der Waals surface area contributed by atoms with Gasteiger partial charge in [0.1, 0.15) is 5.75 Å². The van der Waals surface area contributed by atoms with Crippen LogP contribution in [0.15, 0.2) is 47.4 Å². The molecule has 0 aromatic heterocycles. The van der Waals surface area contributed by atoms with Crippen LogP contribution in [0.2, 0.25) is 0 Å². The highest BCUT2D eigenvalue weighted by atomic mass is 16.5. The number of carbonyl (C=O) groups excluding carboxylic acids is 2. The van der Waals surface area contributed by atoms with E-state index >= 15 is 0 Å². The highest BCUT2D eigenvalue weighted by Crippen LogP contribution is 2.52. The first kappa shape index (κ1) is 21.9. The minimum atomic E-state index is -1.11. The number of imide groups is 1. The van der Waals surface area contributed by atoms with E-state index in [1.807, 2.05) is 37.3 Å². The van der Waals surface area contributed by atoms with Gasteiger partial charge in [0, 0.05) is 11.4 Å². The molecular weight excluding hydrogens is 429 g/mol. The second-order valence-corrected chi connectivity index (χ2v) is 10.4. The van der Waals surface area contributed by atoms with Gasteiger partial charge in [-0.15, -0.1) is 0 Å². The van der Waals surface area contributed by atoms with Crippen LogP contribution in [0.3, 0.4) is 0 Å². The van der Waals surface area contributed by atoms with Crippen molar-refractivity contribution in [3.05, 3.63) is 53.0 Å². The van der Waals surface area contributed by atoms with Crippen molar-refractivity contribution in [2.45, 2.75) is 64.0 Å². The molecule has 4 aliphatic rings. The van der Waals surface area contributed by atoms with Crippen LogP contribution in [-0.2, 0) is 14.2 Å². The normalized spacial score (nSPS) is 30.2. The van der Waals surface area contributed by atoms with Crippen LogP contribution in [0.5, 0.6) is 5.75 Å². The summed E-state index contributed by atoms with van der Waals surface area (Å²) >= 11 is 0. The van der Waals surface area contributed by atoms with Crippen molar-refractivity contribution < 1.29 is 24.4 Å². The molecule has 6 nitrogen and oxygen atoms in total. The average Bonchev–Trinajstić information content (AvgIpc) is 3.09. The number of allylic oxidation sites excluding steroid dienone is 2. The van der Waals surface area contributed by atoms with Gasteiger partial charge in [-0.05, 0) is 61.0 Å². The number of fused-ring (bicyclic) bond motifs is 4.